The van der Waals surface area contributed by atoms with E-state index in [0.717, 1.165) is 13.2 Å². The summed E-state index contributed by atoms with van der Waals surface area (Å²) in [4.78, 5) is 11.4. The number of halogens is 1. The van der Waals surface area contributed by atoms with Crippen molar-refractivity contribution in [3.8, 4) is 6.07 Å². The molecule has 0 saturated carbocycles. The largest absolute Gasteiger partial charge is 0.465 e. The molecule has 0 amide bonds. The molecule has 0 N–H and O–H groups in total. The Morgan fingerprint density at radius 2 is 2.29 bits per heavy atom. The van der Waals surface area contributed by atoms with E-state index in [1.165, 1.54) is 6.07 Å². The fraction of sp³-hybridized carbons (Fsp3) is 0.111. The lowest BCUT2D eigenvalue weighted by Gasteiger charge is -2.05. The van der Waals surface area contributed by atoms with Gasteiger partial charge in [0, 0.05) is 4.90 Å². The lowest BCUT2D eigenvalue weighted by Crippen LogP contribution is -2.07. The summed E-state index contributed by atoms with van der Waals surface area (Å²) in [5, 5.41) is 8.64. The summed E-state index contributed by atoms with van der Waals surface area (Å²) in [7, 11) is 1.15. The predicted molar refractivity (Wildman–Crippen MR) is 49.7 cm³/mol. The predicted octanol–water partition coefficient (Wildman–Crippen LogP) is 1.77. The molecular formula is C9H6FNO2S. The third-order valence-corrected chi connectivity index (χ3v) is 2.01. The molecule has 0 heterocycles. The van der Waals surface area contributed by atoms with Crippen LogP contribution in [0.25, 0.3) is 0 Å². The van der Waals surface area contributed by atoms with Crippen LogP contribution in [-0.2, 0) is 4.74 Å². The standard InChI is InChI=1S/C9H6FNO2S/c1-13-9(12)8-5(4-11)6(10)2-3-7(8)14/h2-3,14H,1H3. The highest BCUT2D eigenvalue weighted by Crippen LogP contribution is 2.21. The van der Waals surface area contributed by atoms with Crippen LogP contribution in [0.2, 0.25) is 0 Å². The Bertz CT molecular complexity index is 426. The van der Waals surface area contributed by atoms with E-state index < -0.39 is 11.8 Å². The number of thiol groups is 1. The molecule has 1 aromatic carbocycles. The molecule has 0 fully saturated rings. The van der Waals surface area contributed by atoms with Gasteiger partial charge in [0.2, 0.25) is 0 Å². The molecule has 0 spiro atoms. The summed E-state index contributed by atoms with van der Waals surface area (Å²) in [5.41, 5.74) is -0.484. The van der Waals surface area contributed by atoms with Crippen LogP contribution >= 0.6 is 12.6 Å². The van der Waals surface area contributed by atoms with Crippen molar-refractivity contribution in [1.82, 2.24) is 0 Å². The van der Waals surface area contributed by atoms with Gasteiger partial charge in [0.15, 0.2) is 0 Å². The molecule has 0 atom stereocenters. The second-order valence-corrected chi connectivity index (χ2v) is 2.90. The van der Waals surface area contributed by atoms with Gasteiger partial charge in [-0.3, -0.25) is 0 Å². The van der Waals surface area contributed by atoms with E-state index in [0.29, 0.717) is 0 Å². The molecule has 3 nitrogen and oxygen atoms in total. The number of hydrogen-bond donors (Lipinski definition) is 1. The average Bonchev–Trinajstić information content (AvgIpc) is 2.19. The Morgan fingerprint density at radius 3 is 2.79 bits per heavy atom. The Kier molecular flexibility index (Phi) is 3.10. The number of hydrogen-bond acceptors (Lipinski definition) is 4. The quantitative estimate of drug-likeness (QED) is 0.569. The van der Waals surface area contributed by atoms with Crippen molar-refractivity contribution in [2.24, 2.45) is 0 Å². The Morgan fingerprint density at radius 1 is 1.64 bits per heavy atom. The third-order valence-electron chi connectivity index (χ3n) is 1.63. The minimum Gasteiger partial charge on any atom is -0.465 e. The highest BCUT2D eigenvalue weighted by molar-refractivity contribution is 7.80. The fourth-order valence-electron chi connectivity index (χ4n) is 0.984. The van der Waals surface area contributed by atoms with Gasteiger partial charge in [-0.25, -0.2) is 9.18 Å². The second-order valence-electron chi connectivity index (χ2n) is 2.42. The first kappa shape index (κ1) is 10.5. The maximum atomic E-state index is 13.1. The average molecular weight is 211 g/mol. The maximum absolute atomic E-state index is 13.1. The van der Waals surface area contributed by atoms with Gasteiger partial charge < -0.3 is 4.74 Å². The lowest BCUT2D eigenvalue weighted by atomic mass is 10.1. The monoisotopic (exact) mass is 211 g/mol. The molecule has 1 aromatic rings. The first-order valence-electron chi connectivity index (χ1n) is 3.61. The van der Waals surface area contributed by atoms with E-state index in [9.17, 15) is 9.18 Å². The zero-order valence-electron chi connectivity index (χ0n) is 7.24. The fourth-order valence-corrected chi connectivity index (χ4v) is 1.26. The van der Waals surface area contributed by atoms with Gasteiger partial charge in [0.05, 0.1) is 12.7 Å². The Hall–Kier alpha value is -1.54. The zero-order chi connectivity index (χ0) is 10.7. The van der Waals surface area contributed by atoms with Crippen molar-refractivity contribution in [3.05, 3.63) is 29.1 Å². The minimum absolute atomic E-state index is 0.140. The number of carbonyl (C=O) groups excluding carboxylic acids is 1. The highest BCUT2D eigenvalue weighted by atomic mass is 32.1. The van der Waals surface area contributed by atoms with Gasteiger partial charge in [0.1, 0.15) is 17.4 Å². The highest BCUT2D eigenvalue weighted by Gasteiger charge is 2.18. The molecule has 0 aromatic heterocycles. The zero-order valence-corrected chi connectivity index (χ0v) is 8.14. The van der Waals surface area contributed by atoms with Crippen molar-refractivity contribution in [1.29, 1.82) is 5.26 Å². The molecule has 0 aliphatic carbocycles. The van der Waals surface area contributed by atoms with Crippen LogP contribution in [0.4, 0.5) is 4.39 Å². The van der Waals surface area contributed by atoms with E-state index in [1.807, 2.05) is 0 Å². The van der Waals surface area contributed by atoms with Crippen molar-refractivity contribution in [3.63, 3.8) is 0 Å². The maximum Gasteiger partial charge on any atom is 0.340 e. The molecule has 0 unspecified atom stereocenters. The summed E-state index contributed by atoms with van der Waals surface area (Å²) in [6.45, 7) is 0. The van der Waals surface area contributed by atoms with Crippen LogP contribution < -0.4 is 0 Å². The normalized spacial score (nSPS) is 9.29. The van der Waals surface area contributed by atoms with Gasteiger partial charge in [-0.05, 0) is 12.1 Å². The summed E-state index contributed by atoms with van der Waals surface area (Å²) in [6, 6.07) is 3.97. The number of esters is 1. The first-order valence-corrected chi connectivity index (χ1v) is 4.06. The molecule has 1 rings (SSSR count). The van der Waals surface area contributed by atoms with E-state index in [2.05, 4.69) is 17.4 Å². The number of nitriles is 1. The number of nitrogens with zero attached hydrogens (tertiary/aromatic N) is 1. The molecule has 0 saturated heterocycles. The van der Waals surface area contributed by atoms with Crippen LogP contribution in [0.5, 0.6) is 0 Å². The van der Waals surface area contributed by atoms with Crippen LogP contribution in [-0.4, -0.2) is 13.1 Å². The van der Waals surface area contributed by atoms with Gasteiger partial charge in [-0.15, -0.1) is 12.6 Å². The smallest absolute Gasteiger partial charge is 0.340 e. The number of benzene rings is 1. The van der Waals surface area contributed by atoms with Crippen molar-refractivity contribution < 1.29 is 13.9 Å². The first-order chi connectivity index (χ1) is 6.61. The summed E-state index contributed by atoms with van der Waals surface area (Å²) in [5.74, 6) is -1.53. The molecule has 5 heteroatoms. The number of methoxy groups -OCH3 is 1. The molecule has 14 heavy (non-hydrogen) atoms. The number of ether oxygens (including phenoxy) is 1. The SMILES string of the molecule is COC(=O)c1c(S)ccc(F)c1C#N. The summed E-state index contributed by atoms with van der Waals surface area (Å²) >= 11 is 3.94. The van der Waals surface area contributed by atoms with E-state index in [4.69, 9.17) is 5.26 Å². The number of carbonyl (C=O) groups is 1. The molecular weight excluding hydrogens is 205 g/mol. The van der Waals surface area contributed by atoms with Gasteiger partial charge in [0.25, 0.3) is 0 Å². The van der Waals surface area contributed by atoms with E-state index >= 15 is 0 Å². The van der Waals surface area contributed by atoms with Crippen molar-refractivity contribution in [2.45, 2.75) is 4.90 Å². The van der Waals surface area contributed by atoms with Gasteiger partial charge >= 0.3 is 5.97 Å². The molecule has 0 aliphatic rings. The van der Waals surface area contributed by atoms with Crippen LogP contribution in [0.1, 0.15) is 15.9 Å². The van der Waals surface area contributed by atoms with Crippen molar-refractivity contribution in [2.75, 3.05) is 7.11 Å². The van der Waals surface area contributed by atoms with E-state index in [-0.39, 0.29) is 16.0 Å². The van der Waals surface area contributed by atoms with Crippen LogP contribution in [0.15, 0.2) is 17.0 Å². The Balaban J connectivity index is 3.47. The molecule has 0 bridgehead atoms. The van der Waals surface area contributed by atoms with Crippen molar-refractivity contribution >= 4 is 18.6 Å². The number of rotatable bonds is 1. The molecule has 72 valence electrons. The van der Waals surface area contributed by atoms with Gasteiger partial charge in [-0.2, -0.15) is 5.26 Å². The summed E-state index contributed by atoms with van der Waals surface area (Å²) in [6.07, 6.45) is 0. The lowest BCUT2D eigenvalue weighted by molar-refractivity contribution is 0.0596. The molecule has 0 radical (unpaired) electrons. The third kappa shape index (κ3) is 1.70. The molecule has 0 aliphatic heterocycles. The van der Waals surface area contributed by atoms with Crippen LogP contribution in [0.3, 0.4) is 0 Å². The summed E-state index contributed by atoms with van der Waals surface area (Å²) < 4.78 is 17.5. The Labute approximate surface area is 85.5 Å². The van der Waals surface area contributed by atoms with E-state index in [1.54, 1.807) is 6.07 Å². The second kappa shape index (κ2) is 4.11. The minimum atomic E-state index is -0.772. The topological polar surface area (TPSA) is 50.1 Å². The van der Waals surface area contributed by atoms with Gasteiger partial charge in [-0.1, -0.05) is 0 Å². The van der Waals surface area contributed by atoms with Crippen LogP contribution in [0, 0.1) is 17.1 Å².